The molecule has 0 fully saturated rings. The van der Waals surface area contributed by atoms with Gasteiger partial charge in [0.05, 0.1) is 6.54 Å². The summed E-state index contributed by atoms with van der Waals surface area (Å²) in [4.78, 5) is 10.5. The van der Waals surface area contributed by atoms with E-state index in [1.807, 2.05) is 0 Å². The molecule has 0 unspecified atom stereocenters. The Morgan fingerprint density at radius 2 is 1.79 bits per heavy atom. The summed E-state index contributed by atoms with van der Waals surface area (Å²) in [7, 11) is -4.12. The third-order valence-electron chi connectivity index (χ3n) is 3.06. The molecule has 124 valence electrons. The molecule has 0 saturated carbocycles. The molecule has 0 heterocycles. The molecule has 0 aliphatic rings. The molecule has 4 nitrogen and oxygen atoms in total. The first-order valence-electron chi connectivity index (χ1n) is 6.84. The van der Waals surface area contributed by atoms with Crippen molar-refractivity contribution >= 4 is 15.8 Å². The summed E-state index contributed by atoms with van der Waals surface area (Å²) in [6.45, 7) is 1.21. The molecular formula is C17H13F2NO3S. The summed E-state index contributed by atoms with van der Waals surface area (Å²) in [6, 6.07) is 8.71. The Kier molecular flexibility index (Phi) is 5.44. The Bertz CT molecular complexity index is 927. The Balaban J connectivity index is 2.04. The van der Waals surface area contributed by atoms with Crippen molar-refractivity contribution < 1.29 is 22.0 Å². The number of nitrogens with one attached hydrogen (secondary N) is 1. The number of sulfonamides is 1. The minimum atomic E-state index is -4.12. The monoisotopic (exact) mass is 349 g/mol. The predicted octanol–water partition coefficient (Wildman–Crippen LogP) is 2.50. The molecule has 2 aromatic rings. The topological polar surface area (TPSA) is 63.2 Å². The summed E-state index contributed by atoms with van der Waals surface area (Å²) in [5.74, 6) is 3.20. The number of carbonyl (C=O) groups excluding carboxylic acids is 1. The van der Waals surface area contributed by atoms with Crippen LogP contribution < -0.4 is 4.72 Å². The largest absolute Gasteiger partial charge is 0.295 e. The van der Waals surface area contributed by atoms with Gasteiger partial charge in [0.1, 0.15) is 16.5 Å². The fourth-order valence-corrected chi connectivity index (χ4v) is 2.82. The minimum absolute atomic E-state index is 0.0661. The van der Waals surface area contributed by atoms with E-state index in [2.05, 4.69) is 16.6 Å². The van der Waals surface area contributed by atoms with E-state index in [4.69, 9.17) is 0 Å². The van der Waals surface area contributed by atoms with E-state index in [1.165, 1.54) is 6.92 Å². The molecule has 0 aliphatic carbocycles. The quantitative estimate of drug-likeness (QED) is 0.681. The van der Waals surface area contributed by atoms with E-state index in [-0.39, 0.29) is 12.3 Å². The van der Waals surface area contributed by atoms with Crippen LogP contribution in [0.25, 0.3) is 0 Å². The number of ketones is 1. The maximum Gasteiger partial charge on any atom is 0.244 e. The Hall–Kier alpha value is -2.56. The number of halogens is 2. The van der Waals surface area contributed by atoms with Crippen molar-refractivity contribution in [2.75, 3.05) is 6.54 Å². The maximum absolute atomic E-state index is 13.5. The van der Waals surface area contributed by atoms with E-state index >= 15 is 0 Å². The number of Topliss-reactive ketones (excluding diaryl/α,β-unsaturated/α-hetero) is 1. The van der Waals surface area contributed by atoms with Crippen LogP contribution in [-0.4, -0.2) is 20.7 Å². The van der Waals surface area contributed by atoms with Gasteiger partial charge in [0, 0.05) is 17.2 Å². The zero-order valence-electron chi connectivity index (χ0n) is 12.6. The molecule has 0 saturated heterocycles. The highest BCUT2D eigenvalue weighted by molar-refractivity contribution is 7.89. The van der Waals surface area contributed by atoms with Crippen molar-refractivity contribution in [2.45, 2.75) is 11.8 Å². The van der Waals surface area contributed by atoms with Crippen LogP contribution >= 0.6 is 0 Å². The van der Waals surface area contributed by atoms with Gasteiger partial charge in [-0.05, 0) is 31.2 Å². The van der Waals surface area contributed by atoms with Gasteiger partial charge in [0.2, 0.25) is 10.0 Å². The standard InChI is InChI=1S/C17H13F2NO3S/c1-12(21)14-6-4-13(5-7-14)3-2-10-20-24(22,23)17-9-8-15(18)11-16(17)19/h4-9,11,20H,10H2,1H3. The van der Waals surface area contributed by atoms with Gasteiger partial charge >= 0.3 is 0 Å². The Morgan fingerprint density at radius 1 is 1.12 bits per heavy atom. The SMILES string of the molecule is CC(=O)c1ccc(C#CCNS(=O)(=O)c2ccc(F)cc2F)cc1. The lowest BCUT2D eigenvalue weighted by Gasteiger charge is -2.04. The molecule has 0 bridgehead atoms. The van der Waals surface area contributed by atoms with Crippen LogP contribution in [-0.2, 0) is 10.0 Å². The molecule has 0 spiro atoms. The van der Waals surface area contributed by atoms with Gasteiger partial charge in [0.25, 0.3) is 0 Å². The number of carbonyl (C=O) groups is 1. The molecule has 24 heavy (non-hydrogen) atoms. The second-order valence-electron chi connectivity index (χ2n) is 4.83. The van der Waals surface area contributed by atoms with Crippen molar-refractivity contribution in [3.63, 3.8) is 0 Å². The van der Waals surface area contributed by atoms with E-state index < -0.39 is 26.6 Å². The first kappa shape index (κ1) is 17.8. The minimum Gasteiger partial charge on any atom is -0.295 e. The van der Waals surface area contributed by atoms with Gasteiger partial charge in [-0.25, -0.2) is 17.2 Å². The van der Waals surface area contributed by atoms with Crippen LogP contribution in [0.1, 0.15) is 22.8 Å². The molecule has 1 N–H and O–H groups in total. The average molecular weight is 349 g/mol. The predicted molar refractivity (Wildman–Crippen MR) is 84.9 cm³/mol. The molecule has 0 aliphatic heterocycles. The number of rotatable bonds is 4. The van der Waals surface area contributed by atoms with E-state index in [0.717, 1.165) is 12.1 Å². The van der Waals surface area contributed by atoms with Gasteiger partial charge in [-0.15, -0.1) is 0 Å². The molecule has 2 aromatic carbocycles. The van der Waals surface area contributed by atoms with E-state index in [0.29, 0.717) is 17.2 Å². The summed E-state index contributed by atoms with van der Waals surface area (Å²) >= 11 is 0. The number of benzene rings is 2. The molecular weight excluding hydrogens is 336 g/mol. The highest BCUT2D eigenvalue weighted by Gasteiger charge is 2.18. The van der Waals surface area contributed by atoms with Crippen LogP contribution in [0.15, 0.2) is 47.4 Å². The van der Waals surface area contributed by atoms with Crippen molar-refractivity contribution in [2.24, 2.45) is 0 Å². The smallest absolute Gasteiger partial charge is 0.244 e. The normalized spacial score (nSPS) is 10.8. The lowest BCUT2D eigenvalue weighted by Crippen LogP contribution is -2.25. The zero-order chi connectivity index (χ0) is 17.7. The summed E-state index contributed by atoms with van der Waals surface area (Å²) in [6.07, 6.45) is 0. The van der Waals surface area contributed by atoms with Crippen molar-refractivity contribution in [3.05, 3.63) is 65.2 Å². The first-order valence-corrected chi connectivity index (χ1v) is 8.32. The molecule has 2 rings (SSSR count). The third-order valence-corrected chi connectivity index (χ3v) is 4.49. The van der Waals surface area contributed by atoms with Crippen LogP contribution in [0.3, 0.4) is 0 Å². The van der Waals surface area contributed by atoms with Crippen molar-refractivity contribution in [1.82, 2.24) is 4.72 Å². The van der Waals surface area contributed by atoms with Gasteiger partial charge in [-0.1, -0.05) is 24.0 Å². The lowest BCUT2D eigenvalue weighted by atomic mass is 10.1. The maximum atomic E-state index is 13.5. The second kappa shape index (κ2) is 7.34. The molecule has 7 heteroatoms. The summed E-state index contributed by atoms with van der Waals surface area (Å²) in [5.41, 5.74) is 1.15. The van der Waals surface area contributed by atoms with E-state index in [9.17, 15) is 22.0 Å². The number of hydrogen-bond donors (Lipinski definition) is 1. The fraction of sp³-hybridized carbons (Fsp3) is 0.118. The summed E-state index contributed by atoms with van der Waals surface area (Å²) < 4.78 is 52.3. The van der Waals surface area contributed by atoms with Crippen LogP contribution in [0.4, 0.5) is 8.78 Å². The van der Waals surface area contributed by atoms with Crippen LogP contribution in [0.5, 0.6) is 0 Å². The van der Waals surface area contributed by atoms with Gasteiger partial charge in [-0.2, -0.15) is 4.72 Å². The molecule has 0 radical (unpaired) electrons. The van der Waals surface area contributed by atoms with Crippen LogP contribution in [0.2, 0.25) is 0 Å². The average Bonchev–Trinajstić information content (AvgIpc) is 2.51. The first-order chi connectivity index (χ1) is 11.3. The molecule has 0 amide bonds. The van der Waals surface area contributed by atoms with Gasteiger partial charge in [0.15, 0.2) is 5.78 Å². The number of hydrogen-bond acceptors (Lipinski definition) is 3. The van der Waals surface area contributed by atoms with Crippen LogP contribution in [0, 0.1) is 23.5 Å². The molecule has 0 aromatic heterocycles. The zero-order valence-corrected chi connectivity index (χ0v) is 13.5. The fourth-order valence-electron chi connectivity index (χ4n) is 1.84. The second-order valence-corrected chi connectivity index (χ2v) is 6.57. The van der Waals surface area contributed by atoms with E-state index in [1.54, 1.807) is 24.3 Å². The summed E-state index contributed by atoms with van der Waals surface area (Å²) in [5, 5.41) is 0. The van der Waals surface area contributed by atoms with Gasteiger partial charge in [-0.3, -0.25) is 4.79 Å². The molecule has 0 atom stereocenters. The lowest BCUT2D eigenvalue weighted by molar-refractivity contribution is 0.101. The van der Waals surface area contributed by atoms with Gasteiger partial charge < -0.3 is 0 Å². The Morgan fingerprint density at radius 3 is 2.38 bits per heavy atom. The van der Waals surface area contributed by atoms with Crippen molar-refractivity contribution in [3.8, 4) is 11.8 Å². The third kappa shape index (κ3) is 4.47. The van der Waals surface area contributed by atoms with Crippen molar-refractivity contribution in [1.29, 1.82) is 0 Å². The highest BCUT2D eigenvalue weighted by atomic mass is 32.2. The highest BCUT2D eigenvalue weighted by Crippen LogP contribution is 2.14. The Labute approximate surface area is 138 Å².